The molecule has 0 unspecified atom stereocenters. The molecule has 0 aliphatic rings. The van der Waals surface area contributed by atoms with Gasteiger partial charge in [-0.25, -0.2) is 16.8 Å². The fourth-order valence-corrected chi connectivity index (χ4v) is 4.63. The van der Waals surface area contributed by atoms with Crippen molar-refractivity contribution in [3.63, 3.8) is 0 Å². The van der Waals surface area contributed by atoms with E-state index < -0.39 is 20.0 Å². The van der Waals surface area contributed by atoms with Crippen LogP contribution in [-0.2, 0) is 20.0 Å². The number of hydrogen-bond donors (Lipinski definition) is 3. The van der Waals surface area contributed by atoms with Gasteiger partial charge in [-0.15, -0.1) is 4.13 Å². The van der Waals surface area contributed by atoms with E-state index in [-0.39, 0.29) is 21.2 Å². The van der Waals surface area contributed by atoms with Gasteiger partial charge in [0.15, 0.2) is 0 Å². The molecule has 0 aliphatic carbocycles. The fraction of sp³-hybridized carbons (Fsp3) is 0. The summed E-state index contributed by atoms with van der Waals surface area (Å²) >= 11 is 0. The van der Waals surface area contributed by atoms with Crippen molar-refractivity contribution in [2.45, 2.75) is 9.79 Å². The van der Waals surface area contributed by atoms with Gasteiger partial charge in [-0.3, -0.25) is 0 Å². The minimum atomic E-state index is -4.26. The zero-order valence-electron chi connectivity index (χ0n) is 10.7. The molecule has 0 atom stereocenters. The zero-order chi connectivity index (χ0) is 15.7. The summed E-state index contributed by atoms with van der Waals surface area (Å²) in [6, 6.07) is 10.6. The van der Waals surface area contributed by atoms with E-state index >= 15 is 0 Å². The van der Waals surface area contributed by atoms with Crippen LogP contribution in [0.25, 0.3) is 0 Å². The minimum Gasteiger partial charge on any atom is -0.399 e. The van der Waals surface area contributed by atoms with E-state index in [0.717, 1.165) is 12.1 Å². The Hall–Kier alpha value is -2.10. The lowest BCUT2D eigenvalue weighted by molar-refractivity contribution is 0.577. The van der Waals surface area contributed by atoms with Crippen molar-refractivity contribution in [1.82, 2.24) is 4.13 Å². The van der Waals surface area contributed by atoms with E-state index in [9.17, 15) is 16.8 Å². The molecule has 0 fully saturated rings. The number of rotatable bonds is 4. The first-order chi connectivity index (χ1) is 9.71. The second-order valence-electron chi connectivity index (χ2n) is 4.24. The SMILES string of the molecule is Nc1cccc(S(=O)(=O)NS(=O)(=O)c2cccc(N)c2)c1. The van der Waals surface area contributed by atoms with Crippen molar-refractivity contribution in [3.05, 3.63) is 48.5 Å². The molecule has 0 radical (unpaired) electrons. The molecule has 112 valence electrons. The molecule has 0 aromatic heterocycles. The first kappa shape index (κ1) is 15.3. The average molecular weight is 327 g/mol. The number of hydrogen-bond acceptors (Lipinski definition) is 6. The van der Waals surface area contributed by atoms with Crippen LogP contribution in [0.2, 0.25) is 0 Å². The van der Waals surface area contributed by atoms with E-state index in [1.54, 1.807) is 4.13 Å². The minimum absolute atomic E-state index is 0.208. The summed E-state index contributed by atoms with van der Waals surface area (Å²) in [7, 11) is -8.52. The van der Waals surface area contributed by atoms with Crippen LogP contribution in [0.3, 0.4) is 0 Å². The van der Waals surface area contributed by atoms with Gasteiger partial charge in [-0.05, 0) is 36.4 Å². The number of benzene rings is 2. The number of nitrogens with one attached hydrogen (secondary N) is 1. The molecule has 2 aromatic carbocycles. The lowest BCUT2D eigenvalue weighted by atomic mass is 10.3. The van der Waals surface area contributed by atoms with Crippen LogP contribution >= 0.6 is 0 Å². The van der Waals surface area contributed by atoms with Gasteiger partial charge >= 0.3 is 0 Å². The molecule has 5 N–H and O–H groups in total. The van der Waals surface area contributed by atoms with Crippen molar-refractivity contribution in [2.75, 3.05) is 11.5 Å². The third kappa shape index (κ3) is 3.51. The van der Waals surface area contributed by atoms with Crippen LogP contribution in [0, 0.1) is 0 Å². The number of nitrogens with two attached hydrogens (primary N) is 2. The third-order valence-corrected chi connectivity index (χ3v) is 6.06. The number of anilines is 2. The highest BCUT2D eigenvalue weighted by molar-refractivity contribution is 8.04. The second-order valence-corrected chi connectivity index (χ2v) is 7.86. The van der Waals surface area contributed by atoms with Crippen LogP contribution in [-0.4, -0.2) is 16.8 Å². The van der Waals surface area contributed by atoms with Gasteiger partial charge in [0.2, 0.25) is 0 Å². The first-order valence-electron chi connectivity index (χ1n) is 5.70. The Labute approximate surface area is 122 Å². The summed E-state index contributed by atoms with van der Waals surface area (Å²) in [6.07, 6.45) is 0. The van der Waals surface area contributed by atoms with Crippen molar-refractivity contribution in [2.24, 2.45) is 0 Å². The van der Waals surface area contributed by atoms with Crippen LogP contribution in [0.15, 0.2) is 58.3 Å². The van der Waals surface area contributed by atoms with Crippen molar-refractivity contribution in [3.8, 4) is 0 Å². The summed E-state index contributed by atoms with van der Waals surface area (Å²) in [5.41, 5.74) is 11.4. The van der Waals surface area contributed by atoms with Crippen LogP contribution < -0.4 is 15.6 Å². The number of nitrogen functional groups attached to an aromatic ring is 2. The van der Waals surface area contributed by atoms with Crippen LogP contribution in [0.5, 0.6) is 0 Å². The van der Waals surface area contributed by atoms with Gasteiger partial charge < -0.3 is 11.5 Å². The van der Waals surface area contributed by atoms with Gasteiger partial charge in [0.05, 0.1) is 9.79 Å². The average Bonchev–Trinajstić information content (AvgIpc) is 2.37. The smallest absolute Gasteiger partial charge is 0.253 e. The standard InChI is InChI=1S/C12H13N3O4S2/c13-9-3-1-5-11(7-9)20(16,17)15-21(18,19)12-6-2-4-10(14)8-12/h1-8,15H,13-14H2. The van der Waals surface area contributed by atoms with Gasteiger partial charge in [0.1, 0.15) is 0 Å². The Balaban J connectivity index is 2.40. The lowest BCUT2D eigenvalue weighted by Crippen LogP contribution is -2.30. The summed E-state index contributed by atoms with van der Waals surface area (Å²) < 4.78 is 50.0. The Morgan fingerprint density at radius 3 is 1.43 bits per heavy atom. The molecule has 0 amide bonds. The lowest BCUT2D eigenvalue weighted by Gasteiger charge is -2.09. The number of sulfonamides is 2. The van der Waals surface area contributed by atoms with Gasteiger partial charge in [0, 0.05) is 11.4 Å². The largest absolute Gasteiger partial charge is 0.399 e. The molecule has 9 heteroatoms. The predicted octanol–water partition coefficient (Wildman–Crippen LogP) is 0.518. The molecule has 0 saturated carbocycles. The molecule has 0 spiro atoms. The quantitative estimate of drug-likeness (QED) is 0.701. The Kier molecular flexibility index (Phi) is 3.90. The monoisotopic (exact) mass is 327 g/mol. The van der Waals surface area contributed by atoms with Gasteiger partial charge in [-0.2, -0.15) is 0 Å². The Bertz CT molecular complexity index is 803. The summed E-state index contributed by atoms with van der Waals surface area (Å²) in [4.78, 5) is -0.482. The van der Waals surface area contributed by atoms with E-state index in [4.69, 9.17) is 11.5 Å². The van der Waals surface area contributed by atoms with Crippen molar-refractivity contribution >= 4 is 31.4 Å². The molecular weight excluding hydrogens is 314 g/mol. The van der Waals surface area contributed by atoms with Gasteiger partial charge in [0.25, 0.3) is 20.0 Å². The Morgan fingerprint density at radius 1 is 0.714 bits per heavy atom. The maximum absolute atomic E-state index is 12.1. The highest BCUT2D eigenvalue weighted by Crippen LogP contribution is 2.17. The van der Waals surface area contributed by atoms with E-state index in [1.165, 1.54) is 36.4 Å². The molecule has 21 heavy (non-hydrogen) atoms. The molecule has 2 rings (SSSR count). The molecular formula is C12H13N3O4S2. The van der Waals surface area contributed by atoms with Crippen molar-refractivity contribution in [1.29, 1.82) is 0 Å². The fourth-order valence-electron chi connectivity index (χ4n) is 1.60. The van der Waals surface area contributed by atoms with Crippen LogP contribution in [0.4, 0.5) is 11.4 Å². The van der Waals surface area contributed by atoms with Crippen LogP contribution in [0.1, 0.15) is 0 Å². The van der Waals surface area contributed by atoms with E-state index in [2.05, 4.69) is 0 Å². The maximum atomic E-state index is 12.1. The molecule has 2 aromatic rings. The third-order valence-electron chi connectivity index (χ3n) is 2.56. The molecule has 0 bridgehead atoms. The van der Waals surface area contributed by atoms with Gasteiger partial charge in [-0.1, -0.05) is 12.1 Å². The molecule has 0 saturated heterocycles. The summed E-state index contributed by atoms with van der Waals surface area (Å²) in [6.45, 7) is 0. The van der Waals surface area contributed by atoms with E-state index in [0.29, 0.717) is 0 Å². The topological polar surface area (TPSA) is 132 Å². The van der Waals surface area contributed by atoms with Crippen molar-refractivity contribution < 1.29 is 16.8 Å². The molecule has 0 heterocycles. The van der Waals surface area contributed by atoms with E-state index in [1.807, 2.05) is 0 Å². The maximum Gasteiger partial charge on any atom is 0.253 e. The Morgan fingerprint density at radius 2 is 1.10 bits per heavy atom. The normalized spacial score (nSPS) is 12.2. The zero-order valence-corrected chi connectivity index (χ0v) is 12.4. The summed E-state index contributed by atoms with van der Waals surface area (Å²) in [5.74, 6) is 0. The summed E-state index contributed by atoms with van der Waals surface area (Å²) in [5, 5.41) is 0. The highest BCUT2D eigenvalue weighted by atomic mass is 32.3. The second kappa shape index (κ2) is 5.35. The predicted molar refractivity (Wildman–Crippen MR) is 79.2 cm³/mol. The first-order valence-corrected chi connectivity index (χ1v) is 8.67. The molecule has 7 nitrogen and oxygen atoms in total. The molecule has 0 aliphatic heterocycles. The highest BCUT2D eigenvalue weighted by Gasteiger charge is 2.24.